The molecule has 0 amide bonds. The van der Waals surface area contributed by atoms with Crippen LogP contribution in [0.15, 0.2) is 121 Å². The topological polar surface area (TPSA) is 25.8 Å². The molecular formula is C30H20N2. The Hall–Kier alpha value is -4.30. The van der Waals surface area contributed by atoms with Gasteiger partial charge in [-0.15, -0.1) is 0 Å². The minimum Gasteiger partial charge on any atom is -0.255 e. The molecule has 0 bridgehead atoms. The van der Waals surface area contributed by atoms with Gasteiger partial charge in [0.1, 0.15) is 0 Å². The third kappa shape index (κ3) is 3.23. The minimum atomic E-state index is 0.946. The number of hydrogen-bond acceptors (Lipinski definition) is 2. The highest BCUT2D eigenvalue weighted by Gasteiger charge is 2.14. The quantitative estimate of drug-likeness (QED) is 0.299. The Bertz CT molecular complexity index is 1550. The van der Waals surface area contributed by atoms with Crippen LogP contribution in [-0.2, 0) is 0 Å². The molecule has 2 aromatic heterocycles. The molecule has 0 fully saturated rings. The molecule has 4 aromatic carbocycles. The van der Waals surface area contributed by atoms with Crippen LogP contribution in [0.3, 0.4) is 0 Å². The second kappa shape index (κ2) is 7.75. The molecule has 0 aliphatic rings. The van der Waals surface area contributed by atoms with E-state index < -0.39 is 0 Å². The molecule has 0 atom stereocenters. The monoisotopic (exact) mass is 408 g/mol. The molecule has 6 aromatic rings. The number of benzene rings is 4. The predicted molar refractivity (Wildman–Crippen MR) is 133 cm³/mol. The Kier molecular flexibility index (Phi) is 4.47. The van der Waals surface area contributed by atoms with Crippen molar-refractivity contribution in [1.82, 2.24) is 9.97 Å². The van der Waals surface area contributed by atoms with Gasteiger partial charge in [0, 0.05) is 28.3 Å². The van der Waals surface area contributed by atoms with Crippen LogP contribution >= 0.6 is 0 Å². The van der Waals surface area contributed by atoms with Crippen molar-refractivity contribution in [2.24, 2.45) is 0 Å². The van der Waals surface area contributed by atoms with Gasteiger partial charge in [-0.05, 0) is 34.5 Å². The van der Waals surface area contributed by atoms with Crippen LogP contribution in [-0.4, -0.2) is 9.97 Å². The van der Waals surface area contributed by atoms with Crippen LogP contribution in [0.2, 0.25) is 0 Å². The average molecular weight is 409 g/mol. The Morgan fingerprint density at radius 1 is 0.469 bits per heavy atom. The highest BCUT2D eigenvalue weighted by Crippen LogP contribution is 2.36. The number of pyridine rings is 2. The molecule has 150 valence electrons. The van der Waals surface area contributed by atoms with E-state index in [1.54, 1.807) is 0 Å². The number of aromatic nitrogens is 2. The largest absolute Gasteiger partial charge is 0.255 e. The smallest absolute Gasteiger partial charge is 0.0796 e. The highest BCUT2D eigenvalue weighted by atomic mass is 14.7. The molecule has 0 saturated heterocycles. The summed E-state index contributed by atoms with van der Waals surface area (Å²) >= 11 is 0. The average Bonchev–Trinajstić information content (AvgIpc) is 2.88. The number of nitrogens with zero attached hydrogens (tertiary/aromatic N) is 2. The first kappa shape index (κ1) is 18.5. The van der Waals surface area contributed by atoms with Crippen molar-refractivity contribution in [1.29, 1.82) is 0 Å². The van der Waals surface area contributed by atoms with Gasteiger partial charge < -0.3 is 0 Å². The molecule has 0 radical (unpaired) electrons. The van der Waals surface area contributed by atoms with Crippen LogP contribution < -0.4 is 0 Å². The van der Waals surface area contributed by atoms with E-state index in [-0.39, 0.29) is 0 Å². The first-order valence-corrected chi connectivity index (χ1v) is 10.8. The van der Waals surface area contributed by atoms with Gasteiger partial charge in [-0.2, -0.15) is 0 Å². The van der Waals surface area contributed by atoms with Crippen LogP contribution in [0.5, 0.6) is 0 Å². The lowest BCUT2D eigenvalue weighted by Gasteiger charge is -2.14. The summed E-state index contributed by atoms with van der Waals surface area (Å²) < 4.78 is 0. The third-order valence-corrected chi connectivity index (χ3v) is 5.90. The van der Waals surface area contributed by atoms with Crippen LogP contribution in [0.4, 0.5) is 0 Å². The summed E-state index contributed by atoms with van der Waals surface area (Å²) in [7, 11) is 0. The van der Waals surface area contributed by atoms with E-state index in [0.717, 1.165) is 44.5 Å². The fourth-order valence-electron chi connectivity index (χ4n) is 4.32. The molecule has 2 nitrogen and oxygen atoms in total. The van der Waals surface area contributed by atoms with E-state index in [2.05, 4.69) is 97.1 Å². The van der Waals surface area contributed by atoms with Gasteiger partial charge >= 0.3 is 0 Å². The van der Waals surface area contributed by atoms with Gasteiger partial charge in [-0.25, -0.2) is 4.98 Å². The van der Waals surface area contributed by atoms with Crippen LogP contribution in [0, 0.1) is 0 Å². The van der Waals surface area contributed by atoms with Crippen molar-refractivity contribution in [3.8, 4) is 33.6 Å². The summed E-state index contributed by atoms with van der Waals surface area (Å²) in [5.41, 5.74) is 7.35. The van der Waals surface area contributed by atoms with Gasteiger partial charge in [0.25, 0.3) is 0 Å². The predicted octanol–water partition coefficient (Wildman–Crippen LogP) is 7.78. The summed E-state index contributed by atoms with van der Waals surface area (Å²) in [4.78, 5) is 9.91. The molecule has 6 rings (SSSR count). The fraction of sp³-hybridized carbons (Fsp3) is 0. The Morgan fingerprint density at radius 2 is 1.16 bits per heavy atom. The maximum absolute atomic E-state index is 5.13. The van der Waals surface area contributed by atoms with E-state index in [1.807, 2.05) is 24.4 Å². The Labute approximate surface area is 186 Å². The van der Waals surface area contributed by atoms with E-state index >= 15 is 0 Å². The molecule has 0 aliphatic heterocycles. The Morgan fingerprint density at radius 3 is 1.94 bits per heavy atom. The van der Waals surface area contributed by atoms with E-state index in [4.69, 9.17) is 9.97 Å². The lowest BCUT2D eigenvalue weighted by Crippen LogP contribution is -1.94. The van der Waals surface area contributed by atoms with E-state index in [0.29, 0.717) is 0 Å². The molecule has 0 spiro atoms. The molecule has 2 heterocycles. The van der Waals surface area contributed by atoms with Gasteiger partial charge in [0.05, 0.1) is 16.9 Å². The third-order valence-electron chi connectivity index (χ3n) is 5.90. The van der Waals surface area contributed by atoms with Crippen molar-refractivity contribution in [3.63, 3.8) is 0 Å². The first-order chi connectivity index (χ1) is 15.9. The standard InChI is InChI=1S/C30H20N2/c1-3-10-22(11-4-1)26-20-27-28(32-30(26)23-12-5-2-6-13-23)17-18-31-29(27)25-16-15-21-9-7-8-14-24(21)19-25/h1-20H. The molecule has 0 saturated carbocycles. The van der Waals surface area contributed by atoms with Gasteiger partial charge in [0.2, 0.25) is 0 Å². The Balaban J connectivity index is 1.63. The van der Waals surface area contributed by atoms with Gasteiger partial charge in [-0.3, -0.25) is 4.98 Å². The van der Waals surface area contributed by atoms with Crippen LogP contribution in [0.1, 0.15) is 0 Å². The molecule has 32 heavy (non-hydrogen) atoms. The van der Waals surface area contributed by atoms with Crippen LogP contribution in [0.25, 0.3) is 55.3 Å². The number of hydrogen-bond donors (Lipinski definition) is 0. The van der Waals surface area contributed by atoms with Gasteiger partial charge in [0.15, 0.2) is 0 Å². The van der Waals surface area contributed by atoms with Crippen molar-refractivity contribution in [2.75, 3.05) is 0 Å². The summed E-state index contributed by atoms with van der Waals surface area (Å²) in [6.07, 6.45) is 1.86. The molecule has 2 heteroatoms. The molecule has 0 unspecified atom stereocenters. The zero-order valence-electron chi connectivity index (χ0n) is 17.4. The second-order valence-corrected chi connectivity index (χ2v) is 7.90. The fourth-order valence-corrected chi connectivity index (χ4v) is 4.32. The highest BCUT2D eigenvalue weighted by molar-refractivity contribution is 6.00. The lowest BCUT2D eigenvalue weighted by atomic mass is 9.95. The van der Waals surface area contributed by atoms with Crippen molar-refractivity contribution in [3.05, 3.63) is 121 Å². The second-order valence-electron chi connectivity index (χ2n) is 7.90. The summed E-state index contributed by atoms with van der Waals surface area (Å²) in [5.74, 6) is 0. The SMILES string of the molecule is c1ccc(-c2cc3c(-c4ccc5ccccc5c4)nccc3nc2-c2ccccc2)cc1. The summed E-state index contributed by atoms with van der Waals surface area (Å²) in [6, 6.07) is 40.0. The minimum absolute atomic E-state index is 0.946. The normalized spacial score (nSPS) is 11.1. The first-order valence-electron chi connectivity index (χ1n) is 10.8. The lowest BCUT2D eigenvalue weighted by molar-refractivity contribution is 1.32. The maximum atomic E-state index is 5.13. The molecule has 0 N–H and O–H groups in total. The maximum Gasteiger partial charge on any atom is 0.0796 e. The molecule has 0 aliphatic carbocycles. The summed E-state index contributed by atoms with van der Waals surface area (Å²) in [6.45, 7) is 0. The van der Waals surface area contributed by atoms with Crippen molar-refractivity contribution < 1.29 is 0 Å². The van der Waals surface area contributed by atoms with E-state index in [9.17, 15) is 0 Å². The zero-order chi connectivity index (χ0) is 21.3. The zero-order valence-corrected chi connectivity index (χ0v) is 17.4. The van der Waals surface area contributed by atoms with E-state index in [1.165, 1.54) is 10.8 Å². The number of rotatable bonds is 3. The van der Waals surface area contributed by atoms with Gasteiger partial charge in [-0.1, -0.05) is 97.1 Å². The number of fused-ring (bicyclic) bond motifs is 2. The van der Waals surface area contributed by atoms with Crippen molar-refractivity contribution in [2.45, 2.75) is 0 Å². The summed E-state index contributed by atoms with van der Waals surface area (Å²) in [5, 5.41) is 3.49. The molecular weight excluding hydrogens is 388 g/mol. The van der Waals surface area contributed by atoms with Crippen molar-refractivity contribution >= 4 is 21.7 Å².